The van der Waals surface area contributed by atoms with E-state index in [2.05, 4.69) is 0 Å². The van der Waals surface area contributed by atoms with Crippen molar-refractivity contribution in [3.63, 3.8) is 0 Å². The van der Waals surface area contributed by atoms with Gasteiger partial charge in [-0.15, -0.1) is 0 Å². The van der Waals surface area contributed by atoms with Crippen molar-refractivity contribution in [2.75, 3.05) is 5.73 Å². The van der Waals surface area contributed by atoms with Crippen molar-refractivity contribution in [1.82, 2.24) is 0 Å². The molecule has 0 fully saturated rings. The highest BCUT2D eigenvalue weighted by Gasteiger charge is 2.07. The monoisotopic (exact) mass is 247 g/mol. The van der Waals surface area contributed by atoms with Gasteiger partial charge in [-0.2, -0.15) is 0 Å². The van der Waals surface area contributed by atoms with Crippen LogP contribution in [0.1, 0.15) is 11.1 Å². The van der Waals surface area contributed by atoms with Crippen molar-refractivity contribution in [3.05, 3.63) is 52.5 Å². The number of rotatable bonds is 2. The van der Waals surface area contributed by atoms with Crippen LogP contribution >= 0.6 is 11.6 Å². The molecule has 0 aromatic heterocycles. The summed E-state index contributed by atoms with van der Waals surface area (Å²) in [6.45, 7) is 3.92. The fourth-order valence-corrected chi connectivity index (χ4v) is 1.88. The topological polar surface area (TPSA) is 35.2 Å². The molecule has 2 N–H and O–H groups in total. The molecule has 0 radical (unpaired) electrons. The highest BCUT2D eigenvalue weighted by molar-refractivity contribution is 6.30. The Morgan fingerprint density at radius 2 is 1.82 bits per heavy atom. The van der Waals surface area contributed by atoms with E-state index in [1.165, 1.54) is 0 Å². The molecule has 0 heterocycles. The van der Waals surface area contributed by atoms with E-state index in [4.69, 9.17) is 22.1 Å². The molecule has 17 heavy (non-hydrogen) atoms. The van der Waals surface area contributed by atoms with Crippen molar-refractivity contribution in [2.24, 2.45) is 0 Å². The highest BCUT2D eigenvalue weighted by atomic mass is 35.5. The second-order valence-electron chi connectivity index (χ2n) is 4.01. The molecule has 0 bridgehead atoms. The zero-order chi connectivity index (χ0) is 12.4. The molecule has 0 aliphatic rings. The molecule has 2 nitrogen and oxygen atoms in total. The third-order valence-electron chi connectivity index (χ3n) is 2.59. The minimum Gasteiger partial charge on any atom is -0.455 e. The maximum atomic E-state index is 5.90. The number of nitrogen functional groups attached to an aromatic ring is 1. The Morgan fingerprint density at radius 1 is 1.06 bits per heavy atom. The standard InChI is InChI=1S/C14H14ClNO/c1-9-4-3-5-12(16)14(9)17-13-7-6-11(15)8-10(13)2/h3-8H,16H2,1-2H3. The van der Waals surface area contributed by atoms with E-state index in [-0.39, 0.29) is 0 Å². The van der Waals surface area contributed by atoms with E-state index >= 15 is 0 Å². The molecular weight excluding hydrogens is 234 g/mol. The van der Waals surface area contributed by atoms with Crippen molar-refractivity contribution in [2.45, 2.75) is 13.8 Å². The molecule has 88 valence electrons. The number of hydrogen-bond donors (Lipinski definition) is 1. The first-order valence-electron chi connectivity index (χ1n) is 5.37. The van der Waals surface area contributed by atoms with Gasteiger partial charge in [0.2, 0.25) is 0 Å². The molecule has 0 atom stereocenters. The minimum absolute atomic E-state index is 0.638. The molecule has 0 saturated carbocycles. The van der Waals surface area contributed by atoms with Gasteiger partial charge in [-0.25, -0.2) is 0 Å². The lowest BCUT2D eigenvalue weighted by atomic mass is 10.2. The van der Waals surface area contributed by atoms with Crippen LogP contribution in [0.5, 0.6) is 11.5 Å². The molecule has 3 heteroatoms. The van der Waals surface area contributed by atoms with Crippen LogP contribution in [0.15, 0.2) is 36.4 Å². The third-order valence-corrected chi connectivity index (χ3v) is 2.83. The zero-order valence-corrected chi connectivity index (χ0v) is 10.6. The van der Waals surface area contributed by atoms with Crippen LogP contribution in [0.3, 0.4) is 0 Å². The summed E-state index contributed by atoms with van der Waals surface area (Å²) in [6.07, 6.45) is 0. The lowest BCUT2D eigenvalue weighted by Gasteiger charge is -2.13. The number of hydrogen-bond acceptors (Lipinski definition) is 2. The molecule has 2 aromatic rings. The van der Waals surface area contributed by atoms with Gasteiger partial charge in [-0.1, -0.05) is 23.7 Å². The zero-order valence-electron chi connectivity index (χ0n) is 9.83. The molecule has 2 rings (SSSR count). The smallest absolute Gasteiger partial charge is 0.153 e. The number of aryl methyl sites for hydroxylation is 2. The Morgan fingerprint density at radius 3 is 2.47 bits per heavy atom. The van der Waals surface area contributed by atoms with Crippen LogP contribution in [0.25, 0.3) is 0 Å². The van der Waals surface area contributed by atoms with E-state index < -0.39 is 0 Å². The Labute approximate surface area is 106 Å². The second-order valence-corrected chi connectivity index (χ2v) is 4.44. The summed E-state index contributed by atoms with van der Waals surface area (Å²) in [5.74, 6) is 1.48. The van der Waals surface area contributed by atoms with Crippen LogP contribution in [0.2, 0.25) is 5.02 Å². The first kappa shape index (κ1) is 11.8. The van der Waals surface area contributed by atoms with Gasteiger partial charge in [-0.3, -0.25) is 0 Å². The average molecular weight is 248 g/mol. The van der Waals surface area contributed by atoms with E-state index in [1.54, 1.807) is 6.07 Å². The van der Waals surface area contributed by atoms with Gasteiger partial charge in [0.1, 0.15) is 5.75 Å². The van der Waals surface area contributed by atoms with Gasteiger partial charge in [0.15, 0.2) is 5.75 Å². The number of anilines is 1. The minimum atomic E-state index is 0.638. The molecule has 0 amide bonds. The van der Waals surface area contributed by atoms with Gasteiger partial charge >= 0.3 is 0 Å². The summed E-state index contributed by atoms with van der Waals surface area (Å²) in [4.78, 5) is 0. The van der Waals surface area contributed by atoms with Crippen LogP contribution in [-0.2, 0) is 0 Å². The van der Waals surface area contributed by atoms with Crippen molar-refractivity contribution < 1.29 is 4.74 Å². The van der Waals surface area contributed by atoms with E-state index in [0.29, 0.717) is 16.5 Å². The van der Waals surface area contributed by atoms with Crippen LogP contribution in [0, 0.1) is 13.8 Å². The first-order chi connectivity index (χ1) is 8.08. The van der Waals surface area contributed by atoms with Crippen LogP contribution in [0.4, 0.5) is 5.69 Å². The maximum Gasteiger partial charge on any atom is 0.153 e. The number of para-hydroxylation sites is 1. The highest BCUT2D eigenvalue weighted by Crippen LogP contribution is 2.33. The Bertz CT molecular complexity index is 532. The fraction of sp³-hybridized carbons (Fsp3) is 0.143. The predicted molar refractivity (Wildman–Crippen MR) is 71.9 cm³/mol. The summed E-state index contributed by atoms with van der Waals surface area (Å²) in [5.41, 5.74) is 8.54. The lowest BCUT2D eigenvalue weighted by molar-refractivity contribution is 0.477. The largest absolute Gasteiger partial charge is 0.455 e. The predicted octanol–water partition coefficient (Wildman–Crippen LogP) is 4.33. The summed E-state index contributed by atoms with van der Waals surface area (Å²) >= 11 is 5.90. The van der Waals surface area contributed by atoms with Gasteiger partial charge in [-0.05, 0) is 49.2 Å². The van der Waals surface area contributed by atoms with Gasteiger partial charge in [0.05, 0.1) is 5.69 Å². The fourth-order valence-electron chi connectivity index (χ4n) is 1.65. The normalized spacial score (nSPS) is 10.3. The summed E-state index contributed by atoms with van der Waals surface area (Å²) < 4.78 is 5.84. The van der Waals surface area contributed by atoms with E-state index in [0.717, 1.165) is 16.9 Å². The Kier molecular flexibility index (Phi) is 3.25. The first-order valence-corrected chi connectivity index (χ1v) is 5.75. The summed E-state index contributed by atoms with van der Waals surface area (Å²) in [6, 6.07) is 11.2. The number of ether oxygens (including phenoxy) is 1. The molecular formula is C14H14ClNO. The van der Waals surface area contributed by atoms with Crippen molar-refractivity contribution >= 4 is 17.3 Å². The van der Waals surface area contributed by atoms with Crippen molar-refractivity contribution in [1.29, 1.82) is 0 Å². The van der Waals surface area contributed by atoms with E-state index in [1.807, 2.05) is 44.2 Å². The van der Waals surface area contributed by atoms with Crippen LogP contribution in [-0.4, -0.2) is 0 Å². The maximum absolute atomic E-state index is 5.90. The van der Waals surface area contributed by atoms with Crippen LogP contribution < -0.4 is 10.5 Å². The van der Waals surface area contributed by atoms with Gasteiger partial charge in [0, 0.05) is 5.02 Å². The number of benzene rings is 2. The Balaban J connectivity index is 2.38. The molecule has 0 saturated heterocycles. The summed E-state index contributed by atoms with van der Waals surface area (Å²) in [7, 11) is 0. The van der Waals surface area contributed by atoms with E-state index in [9.17, 15) is 0 Å². The van der Waals surface area contributed by atoms with Gasteiger partial charge < -0.3 is 10.5 Å². The SMILES string of the molecule is Cc1cc(Cl)ccc1Oc1c(C)cccc1N. The Hall–Kier alpha value is -1.67. The number of halogens is 1. The quantitative estimate of drug-likeness (QED) is 0.802. The lowest BCUT2D eigenvalue weighted by Crippen LogP contribution is -1.95. The van der Waals surface area contributed by atoms with Crippen molar-refractivity contribution in [3.8, 4) is 11.5 Å². The molecule has 0 unspecified atom stereocenters. The molecule has 0 spiro atoms. The molecule has 0 aliphatic carbocycles. The summed E-state index contributed by atoms with van der Waals surface area (Å²) in [5, 5.41) is 0.701. The van der Waals surface area contributed by atoms with Gasteiger partial charge in [0.25, 0.3) is 0 Å². The second kappa shape index (κ2) is 4.68. The number of nitrogens with two attached hydrogens (primary N) is 1. The molecule has 0 aliphatic heterocycles. The molecule has 2 aromatic carbocycles. The average Bonchev–Trinajstić information content (AvgIpc) is 2.26. The third kappa shape index (κ3) is 2.53.